The van der Waals surface area contributed by atoms with E-state index in [9.17, 15) is 10.1 Å². The second kappa shape index (κ2) is 5.16. The standard InChI is InChI=1S/C12H16N4O2S/c17-16(18)11-10(14-12-15(11)7-8-19-12)13-6-5-9-3-1-2-4-9/h7-9,13H,1-6H2. The van der Waals surface area contributed by atoms with Crippen molar-refractivity contribution in [3.8, 4) is 0 Å². The summed E-state index contributed by atoms with van der Waals surface area (Å²) >= 11 is 1.41. The fourth-order valence-electron chi connectivity index (χ4n) is 2.76. The summed E-state index contributed by atoms with van der Waals surface area (Å²) in [5.41, 5.74) is 0. The zero-order chi connectivity index (χ0) is 13.2. The Morgan fingerprint density at radius 2 is 2.32 bits per heavy atom. The second-order valence-corrected chi connectivity index (χ2v) is 5.84. The molecule has 102 valence electrons. The van der Waals surface area contributed by atoms with E-state index in [1.54, 1.807) is 11.6 Å². The average molecular weight is 280 g/mol. The highest BCUT2D eigenvalue weighted by atomic mass is 32.1. The molecule has 2 aromatic heterocycles. The normalized spacial score (nSPS) is 16.2. The summed E-state index contributed by atoms with van der Waals surface area (Å²) in [6, 6.07) is 0. The summed E-state index contributed by atoms with van der Waals surface area (Å²) in [6.45, 7) is 0.760. The van der Waals surface area contributed by atoms with Crippen molar-refractivity contribution < 1.29 is 4.92 Å². The maximum Gasteiger partial charge on any atom is 0.372 e. The van der Waals surface area contributed by atoms with Gasteiger partial charge in [0, 0.05) is 11.9 Å². The van der Waals surface area contributed by atoms with Crippen LogP contribution in [0.3, 0.4) is 0 Å². The van der Waals surface area contributed by atoms with E-state index in [0.29, 0.717) is 10.8 Å². The molecule has 1 saturated carbocycles. The van der Waals surface area contributed by atoms with Gasteiger partial charge in [-0.1, -0.05) is 37.0 Å². The lowest BCUT2D eigenvalue weighted by Gasteiger charge is -2.08. The van der Waals surface area contributed by atoms with Crippen LogP contribution in [0.2, 0.25) is 0 Å². The first-order valence-electron chi connectivity index (χ1n) is 6.59. The molecule has 0 radical (unpaired) electrons. The van der Waals surface area contributed by atoms with E-state index in [1.807, 2.05) is 0 Å². The third-order valence-corrected chi connectivity index (χ3v) is 4.49. The smallest absolute Gasteiger partial charge is 0.363 e. The zero-order valence-electron chi connectivity index (χ0n) is 10.5. The lowest BCUT2D eigenvalue weighted by molar-refractivity contribution is -0.389. The lowest BCUT2D eigenvalue weighted by Crippen LogP contribution is -2.08. The third kappa shape index (κ3) is 2.42. The van der Waals surface area contributed by atoms with Crippen molar-refractivity contribution in [2.24, 2.45) is 5.92 Å². The molecule has 0 unspecified atom stereocenters. The molecule has 1 N–H and O–H groups in total. The van der Waals surface area contributed by atoms with Crippen LogP contribution < -0.4 is 5.32 Å². The van der Waals surface area contributed by atoms with Crippen molar-refractivity contribution in [3.05, 3.63) is 21.7 Å². The van der Waals surface area contributed by atoms with Crippen LogP contribution in [0, 0.1) is 16.0 Å². The topological polar surface area (TPSA) is 72.5 Å². The third-order valence-electron chi connectivity index (χ3n) is 3.73. The minimum atomic E-state index is -0.370. The predicted octanol–water partition coefficient (Wildman–Crippen LogP) is 3.30. The monoisotopic (exact) mass is 280 g/mol. The Hall–Kier alpha value is -1.63. The van der Waals surface area contributed by atoms with Gasteiger partial charge >= 0.3 is 5.82 Å². The minimum Gasteiger partial charge on any atom is -0.363 e. The van der Waals surface area contributed by atoms with Crippen LogP contribution in [0.5, 0.6) is 0 Å². The highest BCUT2D eigenvalue weighted by molar-refractivity contribution is 7.15. The highest BCUT2D eigenvalue weighted by Gasteiger charge is 2.23. The number of nitrogens with one attached hydrogen (secondary N) is 1. The first kappa shape index (κ1) is 12.4. The number of imidazole rings is 1. The lowest BCUT2D eigenvalue weighted by atomic mass is 10.0. The number of nitrogens with zero attached hydrogens (tertiary/aromatic N) is 3. The maximum atomic E-state index is 11.1. The average Bonchev–Trinajstić information content (AvgIpc) is 3.02. The van der Waals surface area contributed by atoms with Gasteiger partial charge < -0.3 is 15.4 Å². The molecule has 0 bridgehead atoms. The van der Waals surface area contributed by atoms with E-state index in [0.717, 1.165) is 18.9 Å². The van der Waals surface area contributed by atoms with Crippen molar-refractivity contribution >= 4 is 27.9 Å². The van der Waals surface area contributed by atoms with Crippen molar-refractivity contribution in [2.75, 3.05) is 11.9 Å². The fraction of sp³-hybridized carbons (Fsp3) is 0.583. The van der Waals surface area contributed by atoms with Crippen LogP contribution in [-0.2, 0) is 0 Å². The molecule has 0 aliphatic heterocycles. The SMILES string of the molecule is O=[N+]([O-])c1c(NCCC2CCCC2)nc2sccn12. The first-order valence-corrected chi connectivity index (χ1v) is 7.47. The molecule has 3 rings (SSSR count). The number of hydrogen-bond donors (Lipinski definition) is 1. The Labute approximate surface area is 114 Å². The van der Waals surface area contributed by atoms with Gasteiger partial charge in [-0.2, -0.15) is 9.38 Å². The molecule has 6 nitrogen and oxygen atoms in total. The molecule has 7 heteroatoms. The van der Waals surface area contributed by atoms with Gasteiger partial charge in [0.25, 0.3) is 4.96 Å². The van der Waals surface area contributed by atoms with Gasteiger partial charge in [0.2, 0.25) is 5.82 Å². The van der Waals surface area contributed by atoms with Crippen LogP contribution in [-0.4, -0.2) is 20.9 Å². The molecule has 2 aromatic rings. The molecule has 1 fully saturated rings. The number of aromatic nitrogens is 2. The number of rotatable bonds is 5. The maximum absolute atomic E-state index is 11.1. The van der Waals surface area contributed by atoms with Gasteiger partial charge in [-0.15, -0.1) is 0 Å². The summed E-state index contributed by atoms with van der Waals surface area (Å²) in [4.78, 5) is 15.7. The quantitative estimate of drug-likeness (QED) is 0.673. The molecule has 1 aliphatic rings. The van der Waals surface area contributed by atoms with E-state index >= 15 is 0 Å². The van der Waals surface area contributed by atoms with E-state index < -0.39 is 0 Å². The summed E-state index contributed by atoms with van der Waals surface area (Å²) in [5.74, 6) is 1.22. The molecule has 0 amide bonds. The number of thiazole rings is 1. The van der Waals surface area contributed by atoms with E-state index in [-0.39, 0.29) is 10.7 Å². The van der Waals surface area contributed by atoms with Gasteiger partial charge in [0.05, 0.1) is 0 Å². The minimum absolute atomic E-state index is 0.0441. The fourth-order valence-corrected chi connectivity index (χ4v) is 3.47. The molecule has 0 saturated heterocycles. The summed E-state index contributed by atoms with van der Waals surface area (Å²) in [7, 11) is 0. The van der Waals surface area contributed by atoms with Crippen LogP contribution in [0.4, 0.5) is 11.6 Å². The Bertz CT molecular complexity index is 586. The Balaban J connectivity index is 1.70. The highest BCUT2D eigenvalue weighted by Crippen LogP contribution is 2.30. The van der Waals surface area contributed by atoms with Gasteiger partial charge in [-0.3, -0.25) is 0 Å². The van der Waals surface area contributed by atoms with E-state index in [2.05, 4.69) is 10.3 Å². The van der Waals surface area contributed by atoms with Gasteiger partial charge in [0.15, 0.2) is 0 Å². The molecular formula is C12H16N4O2S. The molecule has 19 heavy (non-hydrogen) atoms. The molecule has 0 spiro atoms. The molecule has 2 heterocycles. The van der Waals surface area contributed by atoms with Crippen molar-refractivity contribution in [2.45, 2.75) is 32.1 Å². The van der Waals surface area contributed by atoms with Crippen LogP contribution in [0.25, 0.3) is 4.96 Å². The molecule has 1 aliphatic carbocycles. The largest absolute Gasteiger partial charge is 0.372 e. The van der Waals surface area contributed by atoms with Crippen molar-refractivity contribution in [1.29, 1.82) is 0 Å². The molecular weight excluding hydrogens is 264 g/mol. The summed E-state index contributed by atoms with van der Waals surface area (Å²) in [5, 5.41) is 16.1. The second-order valence-electron chi connectivity index (χ2n) is 4.96. The van der Waals surface area contributed by atoms with Crippen LogP contribution in [0.1, 0.15) is 32.1 Å². The van der Waals surface area contributed by atoms with Crippen molar-refractivity contribution in [3.63, 3.8) is 0 Å². The van der Waals surface area contributed by atoms with Gasteiger partial charge in [-0.25, -0.2) is 0 Å². The van der Waals surface area contributed by atoms with Crippen LogP contribution >= 0.6 is 11.3 Å². The predicted molar refractivity (Wildman–Crippen MR) is 74.8 cm³/mol. The first-order chi connectivity index (χ1) is 9.25. The summed E-state index contributed by atoms with van der Waals surface area (Å²) in [6.07, 6.45) is 8.00. The molecule has 0 atom stereocenters. The number of hydrogen-bond acceptors (Lipinski definition) is 5. The van der Waals surface area contributed by atoms with E-state index in [1.165, 1.54) is 41.4 Å². The van der Waals surface area contributed by atoms with Gasteiger partial charge in [0.1, 0.15) is 6.20 Å². The number of nitro groups is 1. The van der Waals surface area contributed by atoms with E-state index in [4.69, 9.17) is 0 Å². The van der Waals surface area contributed by atoms with Crippen molar-refractivity contribution in [1.82, 2.24) is 9.38 Å². The Kier molecular flexibility index (Phi) is 3.37. The zero-order valence-corrected chi connectivity index (χ0v) is 11.4. The number of fused-ring (bicyclic) bond motifs is 1. The summed E-state index contributed by atoms with van der Waals surface area (Å²) < 4.78 is 1.53. The van der Waals surface area contributed by atoms with Gasteiger partial charge in [-0.05, 0) is 17.3 Å². The number of anilines is 1. The Morgan fingerprint density at radius 3 is 3.05 bits per heavy atom. The Morgan fingerprint density at radius 1 is 1.53 bits per heavy atom. The molecule has 0 aromatic carbocycles. The van der Waals surface area contributed by atoms with Crippen LogP contribution in [0.15, 0.2) is 11.6 Å².